The Hall–Kier alpha value is -2.90. The van der Waals surface area contributed by atoms with E-state index in [0.717, 1.165) is 56.4 Å². The third-order valence-electron chi connectivity index (χ3n) is 7.96. The van der Waals surface area contributed by atoms with Crippen LogP contribution >= 0.6 is 11.6 Å². The van der Waals surface area contributed by atoms with Gasteiger partial charge >= 0.3 is 5.97 Å². The zero-order valence-corrected chi connectivity index (χ0v) is 23.2. The van der Waals surface area contributed by atoms with Crippen molar-refractivity contribution in [1.29, 1.82) is 0 Å². The SMILES string of the molecule is COC(=O)C1CCCC(C(=O)N2CCC(c3ccc(NC(=O)C(c4ccc(Cl)cc4)N(C)C)cc3)CC2)C1. The number of nitrogens with one attached hydrogen (secondary N) is 1. The summed E-state index contributed by atoms with van der Waals surface area (Å²) in [6.45, 7) is 1.46. The molecule has 8 heteroatoms. The molecule has 3 unspecified atom stereocenters. The number of methoxy groups -OCH3 is 1. The molecule has 7 nitrogen and oxygen atoms in total. The summed E-state index contributed by atoms with van der Waals surface area (Å²) in [5.41, 5.74) is 2.86. The topological polar surface area (TPSA) is 79.0 Å². The lowest BCUT2D eigenvalue weighted by molar-refractivity contribution is -0.148. The number of carbonyl (C=O) groups excluding carboxylic acids is 3. The summed E-state index contributed by atoms with van der Waals surface area (Å²) in [6.07, 6.45) is 4.97. The van der Waals surface area contributed by atoms with Crippen molar-refractivity contribution in [2.75, 3.05) is 39.6 Å². The average Bonchev–Trinajstić information content (AvgIpc) is 2.94. The lowest BCUT2D eigenvalue weighted by atomic mass is 9.80. The Balaban J connectivity index is 1.31. The van der Waals surface area contributed by atoms with Crippen molar-refractivity contribution in [2.45, 2.75) is 50.5 Å². The first-order valence-corrected chi connectivity index (χ1v) is 13.8. The smallest absolute Gasteiger partial charge is 0.308 e. The largest absolute Gasteiger partial charge is 0.469 e. The molecule has 0 radical (unpaired) electrons. The fourth-order valence-electron chi connectivity index (χ4n) is 5.86. The summed E-state index contributed by atoms with van der Waals surface area (Å²) in [6, 6.07) is 15.0. The van der Waals surface area contributed by atoms with Crippen LogP contribution in [0.4, 0.5) is 5.69 Å². The molecule has 4 rings (SSSR count). The van der Waals surface area contributed by atoms with Crippen molar-refractivity contribution in [1.82, 2.24) is 9.80 Å². The third-order valence-corrected chi connectivity index (χ3v) is 8.22. The summed E-state index contributed by atoms with van der Waals surface area (Å²) < 4.78 is 4.91. The van der Waals surface area contributed by atoms with Crippen LogP contribution in [0.3, 0.4) is 0 Å². The van der Waals surface area contributed by atoms with Crippen LogP contribution in [0.1, 0.15) is 61.6 Å². The lowest BCUT2D eigenvalue weighted by Gasteiger charge is -2.36. The summed E-state index contributed by atoms with van der Waals surface area (Å²) in [4.78, 5) is 42.0. The Morgan fingerprint density at radius 2 is 1.58 bits per heavy atom. The maximum Gasteiger partial charge on any atom is 0.308 e. The van der Waals surface area contributed by atoms with Gasteiger partial charge in [-0.15, -0.1) is 0 Å². The second-order valence-electron chi connectivity index (χ2n) is 10.7. The zero-order chi connectivity index (χ0) is 27.2. The maximum absolute atomic E-state index is 13.1. The number of carbonyl (C=O) groups is 3. The molecule has 1 saturated heterocycles. The fourth-order valence-corrected chi connectivity index (χ4v) is 5.99. The lowest BCUT2D eigenvalue weighted by Crippen LogP contribution is -2.43. The number of esters is 1. The van der Waals surface area contributed by atoms with Gasteiger partial charge in [0.25, 0.3) is 0 Å². The molecule has 3 atom stereocenters. The Morgan fingerprint density at radius 1 is 0.947 bits per heavy atom. The summed E-state index contributed by atoms with van der Waals surface area (Å²) >= 11 is 6.01. The van der Waals surface area contributed by atoms with Crippen LogP contribution in [0, 0.1) is 11.8 Å². The van der Waals surface area contributed by atoms with E-state index < -0.39 is 6.04 Å². The Labute approximate surface area is 230 Å². The molecule has 2 amide bonds. The van der Waals surface area contributed by atoms with Gasteiger partial charge in [0.1, 0.15) is 6.04 Å². The maximum atomic E-state index is 13.1. The Kier molecular flexibility index (Phi) is 9.44. The van der Waals surface area contributed by atoms with Crippen molar-refractivity contribution in [3.05, 3.63) is 64.7 Å². The minimum atomic E-state index is -0.430. The van der Waals surface area contributed by atoms with Crippen LogP contribution in [0.15, 0.2) is 48.5 Å². The highest BCUT2D eigenvalue weighted by Crippen LogP contribution is 2.34. The van der Waals surface area contributed by atoms with E-state index in [1.165, 1.54) is 12.7 Å². The minimum Gasteiger partial charge on any atom is -0.469 e. The van der Waals surface area contributed by atoms with Gasteiger partial charge in [0.05, 0.1) is 13.0 Å². The van der Waals surface area contributed by atoms with E-state index in [2.05, 4.69) is 17.4 Å². The molecule has 1 aliphatic heterocycles. The molecule has 204 valence electrons. The number of likely N-dealkylation sites (tertiary alicyclic amines) is 1. The molecule has 0 bridgehead atoms. The predicted molar refractivity (Wildman–Crippen MR) is 149 cm³/mol. The number of amides is 2. The molecule has 0 spiro atoms. The van der Waals surface area contributed by atoms with Gasteiger partial charge in [0.15, 0.2) is 0 Å². The van der Waals surface area contributed by atoms with Gasteiger partial charge in [-0.05, 0) is 87.5 Å². The fraction of sp³-hybridized carbons (Fsp3) is 0.500. The van der Waals surface area contributed by atoms with Gasteiger partial charge in [-0.3, -0.25) is 19.3 Å². The molecule has 38 heavy (non-hydrogen) atoms. The van der Waals surface area contributed by atoms with Gasteiger partial charge in [-0.1, -0.05) is 42.3 Å². The normalized spacial score (nSPS) is 21.1. The molecular formula is C30H38ClN3O4. The number of hydrogen-bond donors (Lipinski definition) is 1. The molecule has 2 fully saturated rings. The molecule has 2 aliphatic rings. The van der Waals surface area contributed by atoms with Gasteiger partial charge in [0, 0.05) is 29.7 Å². The van der Waals surface area contributed by atoms with Crippen LogP contribution in [0.25, 0.3) is 0 Å². The zero-order valence-electron chi connectivity index (χ0n) is 22.5. The number of anilines is 1. The molecule has 1 heterocycles. The highest BCUT2D eigenvalue weighted by molar-refractivity contribution is 6.30. The Bertz CT molecular complexity index is 1110. The standard InChI is InChI=1S/C30H38ClN3O4/c1-33(2)27(22-7-11-25(31)12-8-22)28(35)32-26-13-9-20(10-14-26)21-15-17-34(18-16-21)29(36)23-5-4-6-24(19-23)30(37)38-3/h7-14,21,23-24,27H,4-6,15-19H2,1-3H3,(H,32,35). The number of nitrogens with zero attached hydrogens (tertiary/aromatic N) is 2. The third kappa shape index (κ3) is 6.75. The first-order chi connectivity index (χ1) is 18.3. The quantitative estimate of drug-likeness (QED) is 0.485. The number of halogens is 1. The van der Waals surface area contributed by atoms with Crippen molar-refractivity contribution < 1.29 is 19.1 Å². The summed E-state index contributed by atoms with van der Waals surface area (Å²) in [7, 11) is 5.18. The second kappa shape index (κ2) is 12.8. The number of rotatable bonds is 7. The average molecular weight is 540 g/mol. The van der Waals surface area contributed by atoms with Crippen LogP contribution in [-0.4, -0.2) is 61.9 Å². The van der Waals surface area contributed by atoms with Crippen LogP contribution in [-0.2, 0) is 19.1 Å². The van der Waals surface area contributed by atoms with Crippen molar-refractivity contribution in [3.63, 3.8) is 0 Å². The molecule has 1 aliphatic carbocycles. The van der Waals surface area contributed by atoms with Crippen molar-refractivity contribution in [3.8, 4) is 0 Å². The van der Waals surface area contributed by atoms with E-state index in [9.17, 15) is 14.4 Å². The Morgan fingerprint density at radius 3 is 2.18 bits per heavy atom. The molecule has 2 aromatic carbocycles. The predicted octanol–water partition coefficient (Wildman–Crippen LogP) is 5.27. The highest BCUT2D eigenvalue weighted by atomic mass is 35.5. The highest BCUT2D eigenvalue weighted by Gasteiger charge is 2.35. The van der Waals surface area contributed by atoms with E-state index in [0.29, 0.717) is 17.4 Å². The van der Waals surface area contributed by atoms with E-state index >= 15 is 0 Å². The molecular weight excluding hydrogens is 502 g/mol. The van der Waals surface area contributed by atoms with E-state index in [-0.39, 0.29) is 29.6 Å². The van der Waals surface area contributed by atoms with E-state index in [1.807, 2.05) is 48.2 Å². The van der Waals surface area contributed by atoms with Crippen molar-refractivity contribution in [2.24, 2.45) is 11.8 Å². The molecule has 2 aromatic rings. The van der Waals surface area contributed by atoms with Crippen LogP contribution in [0.2, 0.25) is 5.02 Å². The van der Waals surface area contributed by atoms with Crippen LogP contribution in [0.5, 0.6) is 0 Å². The van der Waals surface area contributed by atoms with Gasteiger partial charge in [-0.25, -0.2) is 0 Å². The molecule has 0 aromatic heterocycles. The monoisotopic (exact) mass is 539 g/mol. The molecule has 1 N–H and O–H groups in total. The molecule has 1 saturated carbocycles. The number of piperidine rings is 1. The second-order valence-corrected chi connectivity index (χ2v) is 11.1. The van der Waals surface area contributed by atoms with Gasteiger partial charge < -0.3 is 15.0 Å². The number of hydrogen-bond acceptors (Lipinski definition) is 5. The van der Waals surface area contributed by atoms with Crippen molar-refractivity contribution >= 4 is 35.1 Å². The minimum absolute atomic E-state index is 0.0776. The first kappa shape index (κ1) is 28.1. The number of benzene rings is 2. The van der Waals surface area contributed by atoms with Gasteiger partial charge in [0.2, 0.25) is 11.8 Å². The van der Waals surface area contributed by atoms with Gasteiger partial charge in [-0.2, -0.15) is 0 Å². The first-order valence-electron chi connectivity index (χ1n) is 13.5. The summed E-state index contributed by atoms with van der Waals surface area (Å²) in [5, 5.41) is 3.68. The number of likely N-dealkylation sites (N-methyl/N-ethyl adjacent to an activating group) is 1. The van der Waals surface area contributed by atoms with Crippen LogP contribution < -0.4 is 5.32 Å². The van der Waals surface area contributed by atoms with E-state index in [1.54, 1.807) is 12.1 Å². The number of ether oxygens (including phenoxy) is 1. The summed E-state index contributed by atoms with van der Waals surface area (Å²) in [5.74, 6) is 0.0366. The van der Waals surface area contributed by atoms with E-state index in [4.69, 9.17) is 16.3 Å².